The molecule has 2 amide bonds. The minimum atomic E-state index is -0.750. The van der Waals surface area contributed by atoms with Crippen LogP contribution in [0, 0.1) is 0 Å². The molecule has 0 saturated heterocycles. The van der Waals surface area contributed by atoms with Crippen molar-refractivity contribution in [1.82, 2.24) is 5.32 Å². The molecule has 140 valence electrons. The molecular formula is C21H29N3O2. The molecule has 0 aliphatic rings. The van der Waals surface area contributed by atoms with Gasteiger partial charge < -0.3 is 20.6 Å². The van der Waals surface area contributed by atoms with Crippen molar-refractivity contribution in [3.63, 3.8) is 0 Å². The van der Waals surface area contributed by atoms with E-state index in [0.29, 0.717) is 0 Å². The standard InChI is InChI=1S/C21H29N3O2/c1-21(2,3)16-8-10-17(11-9-16)23-20(26)22-14-19(25)15-6-12-18(13-7-15)24(4)5/h6-13,19,25H,14H2,1-5H3,(H2,22,23,26)/t19-/m1/s1. The third kappa shape index (κ3) is 5.49. The maximum atomic E-state index is 12.0. The number of carbonyl (C=O) groups excluding carboxylic acids is 1. The molecule has 5 heteroatoms. The topological polar surface area (TPSA) is 64.6 Å². The SMILES string of the molecule is CN(C)c1ccc([C@H](O)CNC(=O)Nc2ccc(C(C)(C)C)cc2)cc1. The Labute approximate surface area is 156 Å². The van der Waals surface area contributed by atoms with Crippen LogP contribution in [-0.4, -0.2) is 31.8 Å². The molecular weight excluding hydrogens is 326 g/mol. The van der Waals surface area contributed by atoms with Gasteiger partial charge in [-0.1, -0.05) is 45.0 Å². The lowest BCUT2D eigenvalue weighted by atomic mass is 9.87. The Hall–Kier alpha value is -2.53. The molecule has 0 aliphatic carbocycles. The predicted octanol–water partition coefficient (Wildman–Crippen LogP) is 3.91. The minimum Gasteiger partial charge on any atom is -0.387 e. The lowest BCUT2D eigenvalue weighted by molar-refractivity contribution is 0.175. The van der Waals surface area contributed by atoms with Crippen LogP contribution in [0.25, 0.3) is 0 Å². The van der Waals surface area contributed by atoms with E-state index in [1.807, 2.05) is 67.5 Å². The molecule has 0 unspecified atom stereocenters. The highest BCUT2D eigenvalue weighted by Crippen LogP contribution is 2.23. The number of nitrogens with zero attached hydrogens (tertiary/aromatic N) is 1. The van der Waals surface area contributed by atoms with Crippen LogP contribution >= 0.6 is 0 Å². The van der Waals surface area contributed by atoms with E-state index in [4.69, 9.17) is 0 Å². The van der Waals surface area contributed by atoms with Crippen LogP contribution in [0.5, 0.6) is 0 Å². The number of benzene rings is 2. The summed E-state index contributed by atoms with van der Waals surface area (Å²) in [6.45, 7) is 6.59. The number of amides is 2. The van der Waals surface area contributed by atoms with E-state index in [-0.39, 0.29) is 18.0 Å². The zero-order valence-corrected chi connectivity index (χ0v) is 16.2. The van der Waals surface area contributed by atoms with Gasteiger partial charge in [-0.15, -0.1) is 0 Å². The molecule has 5 nitrogen and oxygen atoms in total. The van der Waals surface area contributed by atoms with E-state index in [9.17, 15) is 9.90 Å². The Morgan fingerprint density at radius 2 is 1.62 bits per heavy atom. The van der Waals surface area contributed by atoms with Crippen molar-refractivity contribution in [2.45, 2.75) is 32.3 Å². The van der Waals surface area contributed by atoms with Crippen molar-refractivity contribution in [2.75, 3.05) is 30.9 Å². The summed E-state index contributed by atoms with van der Waals surface area (Å²) in [5, 5.41) is 15.7. The van der Waals surface area contributed by atoms with E-state index in [1.54, 1.807) is 0 Å². The van der Waals surface area contributed by atoms with Crippen LogP contribution in [0.1, 0.15) is 38.0 Å². The minimum absolute atomic E-state index is 0.0764. The Kier molecular flexibility index (Phi) is 6.27. The molecule has 1 atom stereocenters. The first-order valence-electron chi connectivity index (χ1n) is 8.77. The van der Waals surface area contributed by atoms with Crippen molar-refractivity contribution in [1.29, 1.82) is 0 Å². The molecule has 0 bridgehead atoms. The fraction of sp³-hybridized carbons (Fsp3) is 0.381. The van der Waals surface area contributed by atoms with E-state index in [1.165, 1.54) is 5.56 Å². The van der Waals surface area contributed by atoms with Gasteiger partial charge in [-0.05, 0) is 40.8 Å². The summed E-state index contributed by atoms with van der Waals surface area (Å²) in [6, 6.07) is 15.1. The molecule has 0 fully saturated rings. The fourth-order valence-electron chi connectivity index (χ4n) is 2.53. The van der Waals surface area contributed by atoms with Gasteiger partial charge in [0.2, 0.25) is 0 Å². The van der Waals surface area contributed by atoms with Crippen molar-refractivity contribution in [2.24, 2.45) is 0 Å². The summed E-state index contributed by atoms with van der Waals surface area (Å²) >= 11 is 0. The number of rotatable bonds is 5. The summed E-state index contributed by atoms with van der Waals surface area (Å²) < 4.78 is 0. The lowest BCUT2D eigenvalue weighted by Crippen LogP contribution is -2.32. The molecule has 2 aromatic rings. The molecule has 2 rings (SSSR count). The Balaban J connectivity index is 1.86. The molecule has 0 saturated carbocycles. The summed E-state index contributed by atoms with van der Waals surface area (Å²) in [5.41, 5.74) is 3.84. The quantitative estimate of drug-likeness (QED) is 0.762. The summed E-state index contributed by atoms with van der Waals surface area (Å²) in [7, 11) is 3.93. The van der Waals surface area contributed by atoms with Gasteiger partial charge in [-0.2, -0.15) is 0 Å². The average molecular weight is 355 g/mol. The second-order valence-corrected chi connectivity index (χ2v) is 7.66. The number of urea groups is 1. The molecule has 0 spiro atoms. The van der Waals surface area contributed by atoms with E-state index < -0.39 is 6.10 Å². The lowest BCUT2D eigenvalue weighted by Gasteiger charge is -2.19. The van der Waals surface area contributed by atoms with E-state index >= 15 is 0 Å². The van der Waals surface area contributed by atoms with Crippen LogP contribution in [0.15, 0.2) is 48.5 Å². The van der Waals surface area contributed by atoms with Crippen molar-refractivity contribution >= 4 is 17.4 Å². The van der Waals surface area contributed by atoms with E-state index in [2.05, 4.69) is 31.4 Å². The van der Waals surface area contributed by atoms with Crippen LogP contribution < -0.4 is 15.5 Å². The van der Waals surface area contributed by atoms with Gasteiger partial charge in [0.25, 0.3) is 0 Å². The number of aliphatic hydroxyl groups excluding tert-OH is 1. The van der Waals surface area contributed by atoms with Gasteiger partial charge >= 0.3 is 6.03 Å². The largest absolute Gasteiger partial charge is 0.387 e. The monoisotopic (exact) mass is 355 g/mol. The Morgan fingerprint density at radius 3 is 2.12 bits per heavy atom. The highest BCUT2D eigenvalue weighted by Gasteiger charge is 2.14. The third-order valence-electron chi connectivity index (χ3n) is 4.26. The summed E-state index contributed by atoms with van der Waals surface area (Å²) in [5.74, 6) is 0. The number of anilines is 2. The van der Waals surface area contributed by atoms with Crippen molar-refractivity contribution in [3.8, 4) is 0 Å². The van der Waals surface area contributed by atoms with Crippen LogP contribution in [0.2, 0.25) is 0 Å². The number of hydrogen-bond acceptors (Lipinski definition) is 3. The highest BCUT2D eigenvalue weighted by atomic mass is 16.3. The molecule has 3 N–H and O–H groups in total. The van der Waals surface area contributed by atoms with Gasteiger partial charge in [0.05, 0.1) is 6.10 Å². The number of aliphatic hydroxyl groups is 1. The Bertz CT molecular complexity index is 716. The number of nitrogens with one attached hydrogen (secondary N) is 2. The first kappa shape index (κ1) is 19.8. The van der Waals surface area contributed by atoms with E-state index in [0.717, 1.165) is 16.9 Å². The second kappa shape index (κ2) is 8.23. The molecule has 0 radical (unpaired) electrons. The molecule has 0 aliphatic heterocycles. The number of hydrogen-bond donors (Lipinski definition) is 3. The van der Waals surface area contributed by atoms with Crippen LogP contribution in [0.3, 0.4) is 0 Å². The van der Waals surface area contributed by atoms with Gasteiger partial charge in [0.1, 0.15) is 0 Å². The highest BCUT2D eigenvalue weighted by molar-refractivity contribution is 5.89. The second-order valence-electron chi connectivity index (χ2n) is 7.66. The van der Waals surface area contributed by atoms with Crippen LogP contribution in [-0.2, 0) is 5.41 Å². The molecule has 0 aromatic heterocycles. The normalized spacial score (nSPS) is 12.4. The Morgan fingerprint density at radius 1 is 1.04 bits per heavy atom. The predicted molar refractivity (Wildman–Crippen MR) is 108 cm³/mol. The average Bonchev–Trinajstić information content (AvgIpc) is 2.59. The molecule has 0 heterocycles. The van der Waals surface area contributed by atoms with Gasteiger partial charge in [0, 0.05) is 32.0 Å². The fourth-order valence-corrected chi connectivity index (χ4v) is 2.53. The number of carbonyl (C=O) groups is 1. The maximum absolute atomic E-state index is 12.0. The first-order valence-corrected chi connectivity index (χ1v) is 8.77. The zero-order valence-electron chi connectivity index (χ0n) is 16.2. The van der Waals surface area contributed by atoms with Crippen molar-refractivity contribution < 1.29 is 9.90 Å². The smallest absolute Gasteiger partial charge is 0.319 e. The molecule has 2 aromatic carbocycles. The summed E-state index contributed by atoms with van der Waals surface area (Å²) in [6.07, 6.45) is -0.750. The third-order valence-corrected chi connectivity index (χ3v) is 4.26. The van der Waals surface area contributed by atoms with Gasteiger partial charge in [-0.25, -0.2) is 4.79 Å². The van der Waals surface area contributed by atoms with Gasteiger partial charge in [0.15, 0.2) is 0 Å². The zero-order chi connectivity index (χ0) is 19.3. The maximum Gasteiger partial charge on any atom is 0.319 e. The van der Waals surface area contributed by atoms with Crippen molar-refractivity contribution in [3.05, 3.63) is 59.7 Å². The first-order chi connectivity index (χ1) is 12.2. The summed E-state index contributed by atoms with van der Waals surface area (Å²) in [4.78, 5) is 14.0. The molecule has 26 heavy (non-hydrogen) atoms. The van der Waals surface area contributed by atoms with Crippen LogP contribution in [0.4, 0.5) is 16.2 Å². The van der Waals surface area contributed by atoms with Gasteiger partial charge in [-0.3, -0.25) is 0 Å².